The van der Waals surface area contributed by atoms with Gasteiger partial charge in [-0.2, -0.15) is 0 Å². The number of nitrogens with zero attached hydrogens (tertiary/aromatic N) is 1. The summed E-state index contributed by atoms with van der Waals surface area (Å²) in [6, 6.07) is 13.6. The number of carbonyl (C=O) groups excluding carboxylic acids is 3. The maximum Gasteiger partial charge on any atom is 0.245 e. The smallest absolute Gasteiger partial charge is 0.245 e. The standard InChI is InChI=1S/C30H40FN3O3/c1-4-9-25(28(32)35)26(16-20(2)3)29(36)33-27-14-5-6-15-34(30(27)37)19-21-10-7-11-22(17-21)23-12-8-13-24(31)18-23/h7-8,10-13,17-18,20,25-27H,4-6,9,14-16,19H2,1-3H3,(H2,32,35)(H,33,36)/t25-,26+,27-/m0/s1. The van der Waals surface area contributed by atoms with Crippen LogP contribution >= 0.6 is 0 Å². The molecule has 3 atom stereocenters. The number of primary amides is 1. The quantitative estimate of drug-likeness (QED) is 0.444. The van der Waals surface area contributed by atoms with Gasteiger partial charge in [-0.05, 0) is 72.9 Å². The van der Waals surface area contributed by atoms with Gasteiger partial charge in [0.25, 0.3) is 0 Å². The van der Waals surface area contributed by atoms with Crippen LogP contribution in [0, 0.1) is 23.6 Å². The number of nitrogens with two attached hydrogens (primary N) is 1. The summed E-state index contributed by atoms with van der Waals surface area (Å²) in [4.78, 5) is 40.9. The lowest BCUT2D eigenvalue weighted by Crippen LogP contribution is -2.50. The molecule has 1 aliphatic rings. The molecule has 200 valence electrons. The first-order valence-corrected chi connectivity index (χ1v) is 13.4. The Morgan fingerprint density at radius 2 is 1.78 bits per heavy atom. The maximum absolute atomic E-state index is 13.7. The van der Waals surface area contributed by atoms with Crippen molar-refractivity contribution in [3.8, 4) is 11.1 Å². The largest absolute Gasteiger partial charge is 0.369 e. The van der Waals surface area contributed by atoms with Gasteiger partial charge in [0.15, 0.2) is 0 Å². The molecule has 1 fully saturated rings. The van der Waals surface area contributed by atoms with Gasteiger partial charge in [0.2, 0.25) is 17.7 Å². The Morgan fingerprint density at radius 1 is 1.08 bits per heavy atom. The molecule has 0 aromatic heterocycles. The summed E-state index contributed by atoms with van der Waals surface area (Å²) in [5.41, 5.74) is 8.28. The number of amides is 3. The number of halogens is 1. The molecule has 37 heavy (non-hydrogen) atoms. The summed E-state index contributed by atoms with van der Waals surface area (Å²) >= 11 is 0. The normalized spacial score (nSPS) is 17.8. The molecule has 1 saturated heterocycles. The summed E-state index contributed by atoms with van der Waals surface area (Å²) < 4.78 is 13.7. The van der Waals surface area contributed by atoms with E-state index < -0.39 is 23.8 Å². The minimum absolute atomic E-state index is 0.114. The molecule has 0 unspecified atom stereocenters. The van der Waals surface area contributed by atoms with Gasteiger partial charge in [0, 0.05) is 24.9 Å². The lowest BCUT2D eigenvalue weighted by atomic mass is 9.81. The van der Waals surface area contributed by atoms with Crippen LogP contribution < -0.4 is 11.1 Å². The van der Waals surface area contributed by atoms with Crippen molar-refractivity contribution >= 4 is 17.7 Å². The molecule has 3 amide bonds. The van der Waals surface area contributed by atoms with E-state index >= 15 is 0 Å². The van der Waals surface area contributed by atoms with E-state index in [1.807, 2.05) is 51.1 Å². The summed E-state index contributed by atoms with van der Waals surface area (Å²) in [7, 11) is 0. The minimum Gasteiger partial charge on any atom is -0.369 e. The van der Waals surface area contributed by atoms with Crippen LogP contribution in [0.1, 0.15) is 64.9 Å². The zero-order chi connectivity index (χ0) is 26.9. The zero-order valence-corrected chi connectivity index (χ0v) is 22.2. The van der Waals surface area contributed by atoms with Gasteiger partial charge in [0.1, 0.15) is 11.9 Å². The highest BCUT2D eigenvalue weighted by atomic mass is 19.1. The molecule has 7 heteroatoms. The average molecular weight is 510 g/mol. The van der Waals surface area contributed by atoms with Crippen molar-refractivity contribution < 1.29 is 18.8 Å². The van der Waals surface area contributed by atoms with E-state index in [0.29, 0.717) is 32.4 Å². The lowest BCUT2D eigenvalue weighted by Gasteiger charge is -2.29. The molecular formula is C30H40FN3O3. The van der Waals surface area contributed by atoms with E-state index in [-0.39, 0.29) is 23.5 Å². The molecule has 0 saturated carbocycles. The Morgan fingerprint density at radius 3 is 2.43 bits per heavy atom. The molecule has 0 spiro atoms. The number of benzene rings is 2. The lowest BCUT2D eigenvalue weighted by molar-refractivity contribution is -0.139. The second kappa shape index (κ2) is 13.4. The highest BCUT2D eigenvalue weighted by Gasteiger charge is 2.35. The van der Waals surface area contributed by atoms with Crippen molar-refractivity contribution in [2.75, 3.05) is 6.54 Å². The van der Waals surface area contributed by atoms with Crippen LogP contribution in [0.4, 0.5) is 4.39 Å². The van der Waals surface area contributed by atoms with Gasteiger partial charge < -0.3 is 16.0 Å². The Kier molecular flexibility index (Phi) is 10.2. The van der Waals surface area contributed by atoms with Crippen LogP contribution in [0.3, 0.4) is 0 Å². The van der Waals surface area contributed by atoms with E-state index in [1.54, 1.807) is 11.0 Å². The Labute approximate surface area is 219 Å². The van der Waals surface area contributed by atoms with Crippen LogP contribution in [-0.2, 0) is 20.9 Å². The first-order valence-electron chi connectivity index (χ1n) is 13.4. The van der Waals surface area contributed by atoms with Crippen LogP contribution in [0.5, 0.6) is 0 Å². The number of hydrogen-bond acceptors (Lipinski definition) is 3. The third kappa shape index (κ3) is 7.88. The Balaban J connectivity index is 1.75. The van der Waals surface area contributed by atoms with Crippen LogP contribution in [0.15, 0.2) is 48.5 Å². The van der Waals surface area contributed by atoms with Crippen molar-refractivity contribution in [1.82, 2.24) is 10.2 Å². The maximum atomic E-state index is 13.7. The number of nitrogens with one attached hydrogen (secondary N) is 1. The number of hydrogen-bond donors (Lipinski definition) is 2. The molecule has 1 heterocycles. The fraction of sp³-hybridized carbons (Fsp3) is 0.500. The van der Waals surface area contributed by atoms with Crippen molar-refractivity contribution in [1.29, 1.82) is 0 Å². The molecule has 3 rings (SSSR count). The van der Waals surface area contributed by atoms with Crippen LogP contribution in [0.25, 0.3) is 11.1 Å². The summed E-state index contributed by atoms with van der Waals surface area (Å²) in [5.74, 6) is -2.02. The number of rotatable bonds is 11. The first-order chi connectivity index (χ1) is 17.7. The molecule has 2 aromatic carbocycles. The van der Waals surface area contributed by atoms with Crippen LogP contribution in [-0.4, -0.2) is 35.2 Å². The van der Waals surface area contributed by atoms with E-state index in [2.05, 4.69) is 5.32 Å². The molecule has 1 aliphatic heterocycles. The molecule has 6 nitrogen and oxygen atoms in total. The Bertz CT molecular complexity index is 1090. The minimum atomic E-state index is -0.633. The third-order valence-electron chi connectivity index (χ3n) is 7.07. The first kappa shape index (κ1) is 28.4. The van der Waals surface area contributed by atoms with Gasteiger partial charge in [-0.25, -0.2) is 4.39 Å². The average Bonchev–Trinajstić information content (AvgIpc) is 3.02. The number of likely N-dealkylation sites (tertiary alicyclic amines) is 1. The molecule has 0 radical (unpaired) electrons. The SMILES string of the molecule is CCC[C@H](C(N)=O)[C@@H](CC(C)C)C(=O)N[C@H]1CCCCN(Cc2cccc(-c3cccc(F)c3)c2)C1=O. The third-order valence-corrected chi connectivity index (χ3v) is 7.07. The van der Waals surface area contributed by atoms with E-state index in [1.165, 1.54) is 12.1 Å². The van der Waals surface area contributed by atoms with Gasteiger partial charge >= 0.3 is 0 Å². The fourth-order valence-electron chi connectivity index (χ4n) is 5.23. The second-order valence-electron chi connectivity index (χ2n) is 10.6. The van der Waals surface area contributed by atoms with Crippen LogP contribution in [0.2, 0.25) is 0 Å². The second-order valence-corrected chi connectivity index (χ2v) is 10.6. The van der Waals surface area contributed by atoms with E-state index in [9.17, 15) is 18.8 Å². The van der Waals surface area contributed by atoms with Gasteiger partial charge in [0.05, 0.1) is 0 Å². The predicted molar refractivity (Wildman–Crippen MR) is 144 cm³/mol. The molecule has 0 bridgehead atoms. The van der Waals surface area contributed by atoms with Gasteiger partial charge in [-0.1, -0.05) is 57.5 Å². The van der Waals surface area contributed by atoms with Crippen molar-refractivity contribution in [2.24, 2.45) is 23.5 Å². The van der Waals surface area contributed by atoms with E-state index in [4.69, 9.17) is 5.73 Å². The summed E-state index contributed by atoms with van der Waals surface area (Å²) in [6.07, 6.45) is 4.06. The zero-order valence-electron chi connectivity index (χ0n) is 22.2. The van der Waals surface area contributed by atoms with E-state index in [0.717, 1.165) is 36.0 Å². The predicted octanol–water partition coefficient (Wildman–Crippen LogP) is 5.05. The molecule has 2 aromatic rings. The fourth-order valence-corrected chi connectivity index (χ4v) is 5.23. The van der Waals surface area contributed by atoms with Crippen molar-refractivity contribution in [3.63, 3.8) is 0 Å². The number of carbonyl (C=O) groups is 3. The highest BCUT2D eigenvalue weighted by molar-refractivity contribution is 5.91. The topological polar surface area (TPSA) is 92.5 Å². The van der Waals surface area contributed by atoms with Gasteiger partial charge in [-0.3, -0.25) is 14.4 Å². The summed E-state index contributed by atoms with van der Waals surface area (Å²) in [6.45, 7) is 7.01. The van der Waals surface area contributed by atoms with Crippen molar-refractivity contribution in [3.05, 3.63) is 59.9 Å². The van der Waals surface area contributed by atoms with Crippen molar-refractivity contribution in [2.45, 2.75) is 71.9 Å². The molecular weight excluding hydrogens is 469 g/mol. The monoisotopic (exact) mass is 509 g/mol. The summed E-state index contributed by atoms with van der Waals surface area (Å²) in [5, 5.41) is 2.99. The highest BCUT2D eigenvalue weighted by Crippen LogP contribution is 2.27. The van der Waals surface area contributed by atoms with Gasteiger partial charge in [-0.15, -0.1) is 0 Å². The molecule has 3 N–H and O–H groups in total. The molecule has 0 aliphatic carbocycles. The Hall–Kier alpha value is -3.22.